The van der Waals surface area contributed by atoms with Gasteiger partial charge in [0, 0.05) is 44.0 Å². The highest BCUT2D eigenvalue weighted by Gasteiger charge is 2.19. The zero-order chi connectivity index (χ0) is 25.7. The normalized spacial score (nSPS) is 10.8. The maximum Gasteiger partial charge on any atom is 0.308 e. The van der Waals surface area contributed by atoms with Crippen LogP contribution < -0.4 is 15.5 Å². The van der Waals surface area contributed by atoms with Crippen molar-refractivity contribution in [1.82, 2.24) is 9.97 Å². The summed E-state index contributed by atoms with van der Waals surface area (Å²) in [5.41, 5.74) is 4.45. The van der Waals surface area contributed by atoms with Gasteiger partial charge in [0.1, 0.15) is 17.5 Å². The largest absolute Gasteiger partial charge is 0.481 e. The fourth-order valence-corrected chi connectivity index (χ4v) is 4.09. The fourth-order valence-electron chi connectivity index (χ4n) is 4.09. The van der Waals surface area contributed by atoms with Crippen molar-refractivity contribution >= 4 is 39.8 Å². The van der Waals surface area contributed by atoms with E-state index in [0.29, 0.717) is 36.0 Å². The second-order valence-electron chi connectivity index (χ2n) is 8.66. The van der Waals surface area contributed by atoms with Crippen molar-refractivity contribution in [2.75, 3.05) is 36.2 Å². The minimum Gasteiger partial charge on any atom is -0.481 e. The van der Waals surface area contributed by atoms with E-state index in [1.165, 1.54) is 10.8 Å². The quantitative estimate of drug-likeness (QED) is 0.278. The summed E-state index contributed by atoms with van der Waals surface area (Å²) in [5, 5.41) is 18.2. The lowest BCUT2D eigenvalue weighted by atomic mass is 10.1. The molecule has 0 fully saturated rings. The van der Waals surface area contributed by atoms with Gasteiger partial charge in [0.25, 0.3) is 0 Å². The lowest BCUT2D eigenvalue weighted by Crippen LogP contribution is -2.22. The van der Waals surface area contributed by atoms with Crippen LogP contribution in [0.4, 0.5) is 17.3 Å². The molecule has 7 nitrogen and oxygen atoms in total. The van der Waals surface area contributed by atoms with Gasteiger partial charge in [0.05, 0.1) is 6.42 Å². The molecule has 3 aromatic carbocycles. The first kappa shape index (κ1) is 24.7. The second kappa shape index (κ2) is 10.9. The molecule has 1 aromatic heterocycles. The lowest BCUT2D eigenvalue weighted by Gasteiger charge is -2.21. The standard InChI is InChI=1S/C29H31N5O2/c1-5-34(4)29-25(18-27(35)36)28(30-3)32-26(33-29)16-20-10-14-24(15-11-20)31-19(2)22-13-12-21-8-6-7-9-23(21)17-22/h6-15,17,31H,2,5,16,18H2,1,3-4H3,(H,35,36)(H,30,32,33). The number of benzene rings is 3. The molecular weight excluding hydrogens is 450 g/mol. The van der Waals surface area contributed by atoms with E-state index in [1.807, 2.05) is 55.3 Å². The van der Waals surface area contributed by atoms with E-state index >= 15 is 0 Å². The Kier molecular flexibility index (Phi) is 7.49. The maximum absolute atomic E-state index is 11.4. The first-order valence-electron chi connectivity index (χ1n) is 11.9. The number of fused-ring (bicyclic) bond motifs is 1. The van der Waals surface area contributed by atoms with Gasteiger partial charge in [-0.2, -0.15) is 0 Å². The molecule has 1 heterocycles. The monoisotopic (exact) mass is 481 g/mol. The molecule has 0 spiro atoms. The Morgan fingerprint density at radius 2 is 1.75 bits per heavy atom. The molecule has 0 unspecified atom stereocenters. The number of hydrogen-bond acceptors (Lipinski definition) is 6. The Balaban J connectivity index is 1.51. The first-order valence-corrected chi connectivity index (χ1v) is 11.9. The second-order valence-corrected chi connectivity index (χ2v) is 8.66. The lowest BCUT2D eigenvalue weighted by molar-refractivity contribution is -0.136. The summed E-state index contributed by atoms with van der Waals surface area (Å²) in [6, 6.07) is 22.7. The summed E-state index contributed by atoms with van der Waals surface area (Å²) in [5.74, 6) is 0.897. The average molecular weight is 482 g/mol. The molecule has 0 bridgehead atoms. The van der Waals surface area contributed by atoms with Gasteiger partial charge < -0.3 is 20.6 Å². The first-order chi connectivity index (χ1) is 17.4. The molecule has 36 heavy (non-hydrogen) atoms. The number of carboxylic acid groups (broad SMARTS) is 1. The number of aromatic nitrogens is 2. The van der Waals surface area contributed by atoms with E-state index in [9.17, 15) is 9.90 Å². The van der Waals surface area contributed by atoms with Crippen LogP contribution in [0.25, 0.3) is 16.5 Å². The summed E-state index contributed by atoms with van der Waals surface area (Å²) in [6.07, 6.45) is 0.385. The van der Waals surface area contributed by atoms with Crippen LogP contribution in [0.2, 0.25) is 0 Å². The van der Waals surface area contributed by atoms with E-state index in [4.69, 9.17) is 4.98 Å². The van der Waals surface area contributed by atoms with Crippen LogP contribution in [-0.4, -0.2) is 41.7 Å². The third-order valence-corrected chi connectivity index (χ3v) is 6.14. The maximum atomic E-state index is 11.4. The Bertz CT molecular complexity index is 1400. The number of carbonyl (C=O) groups is 1. The van der Waals surface area contributed by atoms with E-state index < -0.39 is 5.97 Å². The van der Waals surface area contributed by atoms with Gasteiger partial charge in [0.2, 0.25) is 0 Å². The molecule has 3 N–H and O–H groups in total. The average Bonchev–Trinajstić information content (AvgIpc) is 2.89. The molecule has 4 rings (SSSR count). The number of rotatable bonds is 10. The molecule has 0 amide bonds. The van der Waals surface area contributed by atoms with Gasteiger partial charge in [-0.1, -0.05) is 55.1 Å². The molecule has 0 aliphatic rings. The Morgan fingerprint density at radius 3 is 2.42 bits per heavy atom. The number of carboxylic acids is 1. The van der Waals surface area contributed by atoms with Crippen molar-refractivity contribution < 1.29 is 9.90 Å². The summed E-state index contributed by atoms with van der Waals surface area (Å²) >= 11 is 0. The number of hydrogen-bond donors (Lipinski definition) is 3. The van der Waals surface area contributed by atoms with Crippen LogP contribution in [0.5, 0.6) is 0 Å². The minimum absolute atomic E-state index is 0.141. The molecule has 0 atom stereocenters. The van der Waals surface area contributed by atoms with E-state index in [-0.39, 0.29) is 6.42 Å². The predicted octanol–water partition coefficient (Wildman–Crippen LogP) is 5.43. The minimum atomic E-state index is -0.915. The van der Waals surface area contributed by atoms with Crippen LogP contribution in [0.3, 0.4) is 0 Å². The third-order valence-electron chi connectivity index (χ3n) is 6.14. The molecular formula is C29H31N5O2. The Morgan fingerprint density at radius 1 is 1.03 bits per heavy atom. The SMILES string of the molecule is C=C(Nc1ccc(Cc2nc(NC)c(CC(=O)O)c(N(C)CC)n2)cc1)c1ccc2ccccc2c1. The molecule has 184 valence electrons. The van der Waals surface area contributed by atoms with E-state index in [2.05, 4.69) is 52.5 Å². The van der Waals surface area contributed by atoms with Crippen molar-refractivity contribution in [3.8, 4) is 0 Å². The van der Waals surface area contributed by atoms with E-state index in [0.717, 1.165) is 22.5 Å². The summed E-state index contributed by atoms with van der Waals surface area (Å²) < 4.78 is 0. The molecule has 0 aliphatic heterocycles. The highest BCUT2D eigenvalue weighted by molar-refractivity contribution is 5.87. The predicted molar refractivity (Wildman–Crippen MR) is 148 cm³/mol. The summed E-state index contributed by atoms with van der Waals surface area (Å²) in [6.45, 7) is 6.92. The molecule has 0 saturated heterocycles. The molecule has 0 saturated carbocycles. The van der Waals surface area contributed by atoms with Gasteiger partial charge in [-0.05, 0) is 47.0 Å². The van der Waals surface area contributed by atoms with Gasteiger partial charge in [-0.3, -0.25) is 4.79 Å². The number of nitrogens with zero attached hydrogens (tertiary/aromatic N) is 3. The van der Waals surface area contributed by atoms with Crippen molar-refractivity contribution in [2.24, 2.45) is 0 Å². The zero-order valence-electron chi connectivity index (χ0n) is 20.9. The van der Waals surface area contributed by atoms with Crippen molar-refractivity contribution in [3.05, 3.63) is 95.8 Å². The van der Waals surface area contributed by atoms with E-state index in [1.54, 1.807) is 7.05 Å². The van der Waals surface area contributed by atoms with Crippen LogP contribution in [0.1, 0.15) is 29.4 Å². The van der Waals surface area contributed by atoms with Crippen molar-refractivity contribution in [3.63, 3.8) is 0 Å². The summed E-state index contributed by atoms with van der Waals surface area (Å²) in [7, 11) is 3.65. The Hall–Kier alpha value is -4.39. The Labute approximate surface area is 211 Å². The number of nitrogens with one attached hydrogen (secondary N) is 2. The van der Waals surface area contributed by atoms with Crippen LogP contribution >= 0.6 is 0 Å². The van der Waals surface area contributed by atoms with Crippen molar-refractivity contribution in [2.45, 2.75) is 19.8 Å². The highest BCUT2D eigenvalue weighted by atomic mass is 16.4. The van der Waals surface area contributed by atoms with Crippen LogP contribution in [-0.2, 0) is 17.6 Å². The topological polar surface area (TPSA) is 90.4 Å². The van der Waals surface area contributed by atoms with Gasteiger partial charge in [-0.15, -0.1) is 0 Å². The van der Waals surface area contributed by atoms with Crippen LogP contribution in [0, 0.1) is 0 Å². The van der Waals surface area contributed by atoms with Gasteiger partial charge >= 0.3 is 5.97 Å². The zero-order valence-corrected chi connectivity index (χ0v) is 20.9. The fraction of sp³-hybridized carbons (Fsp3) is 0.207. The van der Waals surface area contributed by atoms with Gasteiger partial charge in [-0.25, -0.2) is 9.97 Å². The van der Waals surface area contributed by atoms with Crippen LogP contribution in [0.15, 0.2) is 73.3 Å². The third kappa shape index (κ3) is 5.63. The molecule has 0 aliphatic carbocycles. The summed E-state index contributed by atoms with van der Waals surface area (Å²) in [4.78, 5) is 22.7. The molecule has 4 aromatic rings. The smallest absolute Gasteiger partial charge is 0.308 e. The highest BCUT2D eigenvalue weighted by Crippen LogP contribution is 2.26. The number of aliphatic carboxylic acids is 1. The van der Waals surface area contributed by atoms with Crippen molar-refractivity contribution in [1.29, 1.82) is 0 Å². The number of anilines is 3. The molecule has 0 radical (unpaired) electrons. The van der Waals surface area contributed by atoms with Gasteiger partial charge in [0.15, 0.2) is 0 Å². The molecule has 7 heteroatoms.